The molecule has 0 rings (SSSR count). The van der Waals surface area contributed by atoms with E-state index in [0.717, 1.165) is 12.8 Å². The van der Waals surface area contributed by atoms with Crippen molar-refractivity contribution in [2.24, 2.45) is 0 Å². The predicted octanol–water partition coefficient (Wildman–Crippen LogP) is 1.53. The topological polar surface area (TPSA) is 41.9 Å². The van der Waals surface area contributed by atoms with Crippen LogP contribution in [0.2, 0.25) is 0 Å². The lowest BCUT2D eigenvalue weighted by atomic mass is 10.4. The molecular weight excluding hydrogens is 182 g/mol. The smallest absolute Gasteiger partial charge is 0.0518 e. The van der Waals surface area contributed by atoms with Crippen molar-refractivity contribution >= 4 is 0 Å². The second kappa shape index (κ2) is 9.40. The normalized spacial score (nSPS) is 11.6. The molecule has 0 saturated carbocycles. The first kappa shape index (κ1) is 13.8. The Kier molecular flexibility index (Phi) is 9.29. The number of hydroxylamine groups is 2. The molecule has 0 aliphatic carbocycles. The molecule has 0 aliphatic rings. The zero-order chi connectivity index (χ0) is 10.8. The summed E-state index contributed by atoms with van der Waals surface area (Å²) in [5, 5.41) is 10.7. The molecule has 0 aromatic carbocycles. The number of rotatable bonds is 9. The molecule has 86 valence electrons. The van der Waals surface area contributed by atoms with E-state index in [4.69, 9.17) is 9.47 Å². The Labute approximate surface area is 86.8 Å². The summed E-state index contributed by atoms with van der Waals surface area (Å²) in [6.45, 7) is 6.75. The first-order valence-corrected chi connectivity index (χ1v) is 5.21. The van der Waals surface area contributed by atoms with Crippen molar-refractivity contribution in [3.05, 3.63) is 0 Å². The third-order valence-electron chi connectivity index (χ3n) is 1.78. The van der Waals surface area contributed by atoms with Gasteiger partial charge in [-0.05, 0) is 26.7 Å². The van der Waals surface area contributed by atoms with Crippen LogP contribution in [0.25, 0.3) is 0 Å². The minimum atomic E-state index is 0.274. The summed E-state index contributed by atoms with van der Waals surface area (Å²) in [7, 11) is 1.66. The van der Waals surface area contributed by atoms with Crippen LogP contribution in [-0.2, 0) is 9.47 Å². The molecule has 14 heavy (non-hydrogen) atoms. The Morgan fingerprint density at radius 3 is 2.21 bits per heavy atom. The number of methoxy groups -OCH3 is 1. The van der Waals surface area contributed by atoms with Crippen LogP contribution in [-0.4, -0.2) is 49.8 Å². The number of ether oxygens (including phenoxy) is 2. The van der Waals surface area contributed by atoms with E-state index in [2.05, 4.69) is 0 Å². The highest BCUT2D eigenvalue weighted by Crippen LogP contribution is 1.94. The molecule has 0 unspecified atom stereocenters. The van der Waals surface area contributed by atoms with E-state index in [1.54, 1.807) is 7.11 Å². The molecule has 0 amide bonds. The minimum Gasteiger partial charge on any atom is -0.385 e. The molecule has 0 radical (unpaired) electrons. The van der Waals surface area contributed by atoms with E-state index < -0.39 is 0 Å². The lowest BCUT2D eigenvalue weighted by molar-refractivity contribution is -0.0986. The van der Waals surface area contributed by atoms with Gasteiger partial charge in [0.1, 0.15) is 0 Å². The van der Waals surface area contributed by atoms with Gasteiger partial charge in [-0.25, -0.2) is 0 Å². The van der Waals surface area contributed by atoms with Crippen molar-refractivity contribution in [1.29, 1.82) is 0 Å². The van der Waals surface area contributed by atoms with E-state index >= 15 is 0 Å². The average molecular weight is 205 g/mol. The van der Waals surface area contributed by atoms with Crippen molar-refractivity contribution in [2.45, 2.75) is 32.8 Å². The molecule has 4 heteroatoms. The fraction of sp³-hybridized carbons (Fsp3) is 1.00. The second-order valence-corrected chi connectivity index (χ2v) is 3.57. The molecule has 1 N–H and O–H groups in total. The largest absolute Gasteiger partial charge is 0.385 e. The van der Waals surface area contributed by atoms with Crippen LogP contribution >= 0.6 is 0 Å². The highest BCUT2D eigenvalue weighted by molar-refractivity contribution is 4.47. The van der Waals surface area contributed by atoms with Crippen molar-refractivity contribution < 1.29 is 14.7 Å². The zero-order valence-electron chi connectivity index (χ0n) is 9.53. The molecule has 0 aromatic heterocycles. The maximum Gasteiger partial charge on any atom is 0.0518 e. The highest BCUT2D eigenvalue weighted by atomic mass is 16.5. The van der Waals surface area contributed by atoms with Crippen molar-refractivity contribution in [3.63, 3.8) is 0 Å². The average Bonchev–Trinajstić information content (AvgIpc) is 2.13. The van der Waals surface area contributed by atoms with Gasteiger partial charge >= 0.3 is 0 Å². The van der Waals surface area contributed by atoms with Crippen molar-refractivity contribution in [1.82, 2.24) is 5.06 Å². The van der Waals surface area contributed by atoms with Crippen molar-refractivity contribution in [3.8, 4) is 0 Å². The third-order valence-corrected chi connectivity index (χ3v) is 1.78. The van der Waals surface area contributed by atoms with Gasteiger partial charge in [0.05, 0.1) is 6.10 Å². The van der Waals surface area contributed by atoms with Gasteiger partial charge in [0.25, 0.3) is 0 Å². The summed E-state index contributed by atoms with van der Waals surface area (Å²) in [5.41, 5.74) is 0. The van der Waals surface area contributed by atoms with E-state index in [1.165, 1.54) is 5.06 Å². The highest BCUT2D eigenvalue weighted by Gasteiger charge is 2.00. The Morgan fingerprint density at radius 2 is 1.71 bits per heavy atom. The predicted molar refractivity (Wildman–Crippen MR) is 55.6 cm³/mol. The minimum absolute atomic E-state index is 0.274. The van der Waals surface area contributed by atoms with Gasteiger partial charge in [0.15, 0.2) is 0 Å². The standard InChI is InChI=1S/C10H23NO3/c1-10(2)14-9-5-7-11(12)6-4-8-13-3/h10,12H,4-9H2,1-3H3. The number of nitrogens with zero attached hydrogens (tertiary/aromatic N) is 1. The van der Waals surface area contributed by atoms with E-state index in [9.17, 15) is 5.21 Å². The summed E-state index contributed by atoms with van der Waals surface area (Å²) in [6, 6.07) is 0. The lowest BCUT2D eigenvalue weighted by Gasteiger charge is -2.14. The van der Waals surface area contributed by atoms with Gasteiger partial charge < -0.3 is 14.7 Å². The summed E-state index contributed by atoms with van der Waals surface area (Å²) in [5.74, 6) is 0. The van der Waals surface area contributed by atoms with Gasteiger partial charge in [0.2, 0.25) is 0 Å². The first-order chi connectivity index (χ1) is 6.66. The maximum atomic E-state index is 9.36. The molecule has 0 atom stereocenters. The lowest BCUT2D eigenvalue weighted by Crippen LogP contribution is -2.24. The summed E-state index contributed by atoms with van der Waals surface area (Å²) in [4.78, 5) is 0. The van der Waals surface area contributed by atoms with Gasteiger partial charge in [-0.15, -0.1) is 0 Å². The van der Waals surface area contributed by atoms with Crippen LogP contribution in [0.3, 0.4) is 0 Å². The van der Waals surface area contributed by atoms with Crippen LogP contribution < -0.4 is 0 Å². The Bertz CT molecular complexity index is 120. The molecule has 0 fully saturated rings. The molecule has 4 nitrogen and oxygen atoms in total. The second-order valence-electron chi connectivity index (χ2n) is 3.57. The van der Waals surface area contributed by atoms with Gasteiger partial charge in [0, 0.05) is 33.4 Å². The fourth-order valence-corrected chi connectivity index (χ4v) is 1.07. The Balaban J connectivity index is 3.14. The molecule has 0 aliphatic heterocycles. The van der Waals surface area contributed by atoms with Crippen LogP contribution in [0.1, 0.15) is 26.7 Å². The molecule has 0 spiro atoms. The number of hydrogen-bond acceptors (Lipinski definition) is 4. The van der Waals surface area contributed by atoms with E-state index in [0.29, 0.717) is 26.3 Å². The molecule has 0 aromatic rings. The van der Waals surface area contributed by atoms with Crippen LogP contribution in [0.4, 0.5) is 0 Å². The van der Waals surface area contributed by atoms with Crippen LogP contribution in [0.15, 0.2) is 0 Å². The van der Waals surface area contributed by atoms with Crippen LogP contribution in [0.5, 0.6) is 0 Å². The summed E-state index contributed by atoms with van der Waals surface area (Å²) in [6.07, 6.45) is 2.00. The van der Waals surface area contributed by atoms with Gasteiger partial charge in [-0.3, -0.25) is 0 Å². The SMILES string of the molecule is COCCCN(O)CCCOC(C)C. The van der Waals surface area contributed by atoms with Gasteiger partial charge in [-0.1, -0.05) is 0 Å². The molecule has 0 heterocycles. The Morgan fingerprint density at radius 1 is 1.14 bits per heavy atom. The molecule has 0 saturated heterocycles. The quantitative estimate of drug-likeness (QED) is 0.458. The number of hydrogen-bond donors (Lipinski definition) is 1. The molecule has 0 bridgehead atoms. The summed E-state index contributed by atoms with van der Waals surface area (Å²) < 4.78 is 10.2. The zero-order valence-corrected chi connectivity index (χ0v) is 9.53. The monoisotopic (exact) mass is 205 g/mol. The van der Waals surface area contributed by atoms with E-state index in [-0.39, 0.29) is 6.10 Å². The Hall–Kier alpha value is -0.160. The fourth-order valence-electron chi connectivity index (χ4n) is 1.07. The van der Waals surface area contributed by atoms with Crippen molar-refractivity contribution in [2.75, 3.05) is 33.4 Å². The summed E-state index contributed by atoms with van der Waals surface area (Å²) >= 11 is 0. The third kappa shape index (κ3) is 9.92. The molecular formula is C10H23NO3. The first-order valence-electron chi connectivity index (χ1n) is 5.21. The van der Waals surface area contributed by atoms with E-state index in [1.807, 2.05) is 13.8 Å². The maximum absolute atomic E-state index is 9.36. The van der Waals surface area contributed by atoms with Gasteiger partial charge in [-0.2, -0.15) is 5.06 Å². The van der Waals surface area contributed by atoms with Crippen LogP contribution in [0, 0.1) is 0 Å².